The number of sulfonamides is 1. The second-order valence-electron chi connectivity index (χ2n) is 7.62. The maximum absolute atomic E-state index is 12.8. The minimum Gasteiger partial charge on any atom is -0.385 e. The van der Waals surface area contributed by atoms with Gasteiger partial charge < -0.3 is 21.5 Å². The highest BCUT2D eigenvalue weighted by molar-refractivity contribution is 7.89. The third-order valence-corrected chi connectivity index (χ3v) is 7.38. The number of carbonyl (C=O) groups is 3. The van der Waals surface area contributed by atoms with Gasteiger partial charge in [-0.25, -0.2) is 23.0 Å². The molecule has 0 spiro atoms. The van der Waals surface area contributed by atoms with Crippen LogP contribution < -0.4 is 21.5 Å². The van der Waals surface area contributed by atoms with Crippen LogP contribution in [0.1, 0.15) is 9.67 Å². The maximum atomic E-state index is 12.8. The number of benzene rings is 2. The molecule has 3 rings (SSSR count). The summed E-state index contributed by atoms with van der Waals surface area (Å²) in [6.07, 6.45) is -5.51. The van der Waals surface area contributed by atoms with Crippen LogP contribution in [0, 0.1) is 0 Å². The first-order chi connectivity index (χ1) is 18.3. The average Bonchev–Trinajstić information content (AvgIpc) is 3.36. The number of nitrogens with zero attached hydrogens (tertiary/aromatic N) is 1. The number of nitrogens with two attached hydrogens (primary N) is 2. The second-order valence-corrected chi connectivity index (χ2v) is 10.4. The smallest absolute Gasteiger partial charge is 0.385 e. The van der Waals surface area contributed by atoms with Gasteiger partial charge in [0.1, 0.15) is 6.04 Å². The van der Waals surface area contributed by atoms with Gasteiger partial charge in [-0.3, -0.25) is 4.79 Å². The van der Waals surface area contributed by atoms with Crippen molar-refractivity contribution in [2.24, 2.45) is 16.5 Å². The van der Waals surface area contributed by atoms with Gasteiger partial charge in [-0.15, -0.1) is 11.3 Å². The summed E-state index contributed by atoms with van der Waals surface area (Å²) in [5.74, 6) is -5.68. The molecule has 0 aliphatic rings. The minimum absolute atomic E-state index is 0.105. The molecule has 2 aromatic carbocycles. The summed E-state index contributed by atoms with van der Waals surface area (Å²) in [6.45, 7) is -0.841. The lowest BCUT2D eigenvalue weighted by Gasteiger charge is -2.18. The Morgan fingerprint density at radius 2 is 1.62 bits per heavy atom. The maximum Gasteiger partial charge on any atom is 0.491 e. The molecular formula is C23H20F3N5O6S2. The Balaban J connectivity index is 1.80. The molecule has 1 heterocycles. The standard InChI is InChI=1S/C23H20F3N5O6S2/c24-23(25,26)21(34)37-20(33)16(31-39(35,36)13-6-2-1-3-7-13)12-29-19(32)18-11-10-17(38-18)14-8-4-5-9-15(14)30-22(27)28/h1-11,16,31H,12H2,(H,29,32)(H4,27,28,30). The lowest BCUT2D eigenvalue weighted by molar-refractivity contribution is -0.202. The van der Waals surface area contributed by atoms with E-state index in [0.717, 1.165) is 23.5 Å². The van der Waals surface area contributed by atoms with Crippen LogP contribution in [0.2, 0.25) is 0 Å². The van der Waals surface area contributed by atoms with Gasteiger partial charge in [0.05, 0.1) is 15.5 Å². The number of hydrogen-bond acceptors (Lipinski definition) is 8. The van der Waals surface area contributed by atoms with Gasteiger partial charge in [-0.2, -0.15) is 17.9 Å². The fourth-order valence-electron chi connectivity index (χ4n) is 3.05. The Hall–Kier alpha value is -4.28. The highest BCUT2D eigenvalue weighted by atomic mass is 32.2. The number of aliphatic imine (C=N–C) groups is 1. The van der Waals surface area contributed by atoms with E-state index in [9.17, 15) is 36.0 Å². The highest BCUT2D eigenvalue weighted by Crippen LogP contribution is 2.35. The average molecular weight is 584 g/mol. The molecular weight excluding hydrogens is 563 g/mol. The molecule has 1 aromatic heterocycles. The van der Waals surface area contributed by atoms with Crippen molar-refractivity contribution in [3.05, 3.63) is 71.6 Å². The molecule has 0 aliphatic heterocycles. The van der Waals surface area contributed by atoms with Crippen LogP contribution in [0.3, 0.4) is 0 Å². The minimum atomic E-state index is -5.51. The molecule has 0 saturated carbocycles. The van der Waals surface area contributed by atoms with Crippen LogP contribution in [0.5, 0.6) is 0 Å². The quantitative estimate of drug-likeness (QED) is 0.128. The normalized spacial score (nSPS) is 12.3. The van der Waals surface area contributed by atoms with Crippen LogP contribution in [-0.2, 0) is 24.3 Å². The third-order valence-electron chi connectivity index (χ3n) is 4.78. The Kier molecular flexibility index (Phi) is 9.05. The molecule has 16 heteroatoms. The van der Waals surface area contributed by atoms with E-state index in [0.29, 0.717) is 16.1 Å². The van der Waals surface area contributed by atoms with Crippen molar-refractivity contribution in [2.75, 3.05) is 6.54 Å². The van der Waals surface area contributed by atoms with E-state index < -0.39 is 46.6 Å². The topological polar surface area (TPSA) is 183 Å². The Labute approximate surface area is 223 Å². The first kappa shape index (κ1) is 29.3. The molecule has 0 radical (unpaired) electrons. The Morgan fingerprint density at radius 1 is 0.974 bits per heavy atom. The molecule has 3 aromatic rings. The number of thiophene rings is 1. The predicted octanol–water partition coefficient (Wildman–Crippen LogP) is 2.03. The zero-order valence-corrected chi connectivity index (χ0v) is 21.3. The van der Waals surface area contributed by atoms with Gasteiger partial charge in [-0.1, -0.05) is 36.4 Å². The summed E-state index contributed by atoms with van der Waals surface area (Å²) in [5.41, 5.74) is 11.9. The molecule has 1 amide bonds. The summed E-state index contributed by atoms with van der Waals surface area (Å²) < 4.78 is 68.7. The molecule has 206 valence electrons. The van der Waals surface area contributed by atoms with Crippen LogP contribution in [-0.4, -0.2) is 51.0 Å². The van der Waals surface area contributed by atoms with Gasteiger partial charge >= 0.3 is 18.1 Å². The van der Waals surface area contributed by atoms with E-state index in [1.54, 1.807) is 30.3 Å². The van der Waals surface area contributed by atoms with E-state index in [2.05, 4.69) is 15.0 Å². The number of alkyl halides is 3. The highest BCUT2D eigenvalue weighted by Gasteiger charge is 2.44. The SMILES string of the molecule is NC(N)=Nc1ccccc1-c1ccc(C(=O)NCC(NS(=O)(=O)c2ccccc2)C(=O)OC(=O)C(F)(F)F)s1. The molecule has 1 atom stereocenters. The van der Waals surface area contributed by atoms with Crippen molar-refractivity contribution in [1.82, 2.24) is 10.0 Å². The van der Waals surface area contributed by atoms with Gasteiger partial charge in [-0.05, 0) is 30.3 Å². The molecule has 0 aliphatic carbocycles. The van der Waals surface area contributed by atoms with Crippen LogP contribution in [0.15, 0.2) is 76.6 Å². The molecule has 11 nitrogen and oxygen atoms in total. The summed E-state index contributed by atoms with van der Waals surface area (Å²) in [6, 6.07) is 14.3. The van der Waals surface area contributed by atoms with Crippen molar-refractivity contribution in [1.29, 1.82) is 0 Å². The van der Waals surface area contributed by atoms with Gasteiger partial charge in [0.15, 0.2) is 5.96 Å². The van der Waals surface area contributed by atoms with Gasteiger partial charge in [0.25, 0.3) is 5.91 Å². The van der Waals surface area contributed by atoms with E-state index >= 15 is 0 Å². The number of nitrogens with one attached hydrogen (secondary N) is 2. The summed E-state index contributed by atoms with van der Waals surface area (Å²) in [7, 11) is -4.46. The summed E-state index contributed by atoms with van der Waals surface area (Å²) in [5, 5.41) is 2.26. The Bertz CT molecular complexity index is 1500. The molecule has 6 N–H and O–H groups in total. The van der Waals surface area contributed by atoms with Crippen LogP contribution in [0.4, 0.5) is 18.9 Å². The molecule has 1 unspecified atom stereocenters. The van der Waals surface area contributed by atoms with E-state index in [1.807, 2.05) is 4.72 Å². The van der Waals surface area contributed by atoms with Crippen molar-refractivity contribution in [3.63, 3.8) is 0 Å². The number of para-hydroxylation sites is 1. The van der Waals surface area contributed by atoms with E-state index in [-0.39, 0.29) is 15.7 Å². The first-order valence-corrected chi connectivity index (χ1v) is 13.0. The molecule has 0 bridgehead atoms. The molecule has 39 heavy (non-hydrogen) atoms. The molecule has 0 fully saturated rings. The van der Waals surface area contributed by atoms with E-state index in [4.69, 9.17) is 11.5 Å². The fourth-order valence-corrected chi connectivity index (χ4v) is 5.22. The lowest BCUT2D eigenvalue weighted by Crippen LogP contribution is -2.50. The first-order valence-electron chi connectivity index (χ1n) is 10.7. The number of rotatable bonds is 9. The van der Waals surface area contributed by atoms with Crippen LogP contribution >= 0.6 is 11.3 Å². The fraction of sp³-hybridized carbons (Fsp3) is 0.130. The number of esters is 2. The van der Waals surface area contributed by atoms with Crippen molar-refractivity contribution < 1.29 is 40.7 Å². The third kappa shape index (κ3) is 7.86. The number of hydrogen-bond donors (Lipinski definition) is 4. The van der Waals surface area contributed by atoms with Gasteiger partial charge in [0, 0.05) is 17.0 Å². The lowest BCUT2D eigenvalue weighted by atomic mass is 10.1. The van der Waals surface area contributed by atoms with Crippen molar-refractivity contribution >= 4 is 50.9 Å². The summed E-state index contributed by atoms with van der Waals surface area (Å²) in [4.78, 5) is 40.6. The Morgan fingerprint density at radius 3 is 2.26 bits per heavy atom. The monoisotopic (exact) mass is 583 g/mol. The van der Waals surface area contributed by atoms with Gasteiger partial charge in [0.2, 0.25) is 10.0 Å². The van der Waals surface area contributed by atoms with E-state index in [1.165, 1.54) is 24.3 Å². The summed E-state index contributed by atoms with van der Waals surface area (Å²) >= 11 is 0.999. The number of ether oxygens (including phenoxy) is 1. The second kappa shape index (κ2) is 12.1. The number of halogens is 3. The zero-order valence-electron chi connectivity index (χ0n) is 19.6. The van der Waals surface area contributed by atoms with Crippen LogP contribution in [0.25, 0.3) is 10.4 Å². The number of guanidine groups is 1. The predicted molar refractivity (Wildman–Crippen MR) is 135 cm³/mol. The molecule has 0 saturated heterocycles. The van der Waals surface area contributed by atoms with Crippen molar-refractivity contribution in [2.45, 2.75) is 17.1 Å². The number of carbonyl (C=O) groups excluding carboxylic acids is 3. The number of amides is 1. The van der Waals surface area contributed by atoms with Crippen molar-refractivity contribution in [3.8, 4) is 10.4 Å². The zero-order chi connectivity index (χ0) is 28.8. The largest absolute Gasteiger partial charge is 0.491 e.